The van der Waals surface area contributed by atoms with Crippen molar-refractivity contribution in [2.45, 2.75) is 13.1 Å². The summed E-state index contributed by atoms with van der Waals surface area (Å²) in [5.41, 5.74) is 9.36. The third kappa shape index (κ3) is 1.29. The second-order valence-electron chi connectivity index (χ2n) is 3.62. The van der Waals surface area contributed by atoms with E-state index in [-0.39, 0.29) is 11.9 Å². The van der Waals surface area contributed by atoms with Gasteiger partial charge in [0.25, 0.3) is 0 Å². The summed E-state index contributed by atoms with van der Waals surface area (Å²) < 4.78 is 0. The normalized spacial score (nSPS) is 26.3. The van der Waals surface area contributed by atoms with Crippen LogP contribution in [0.4, 0.5) is 0 Å². The van der Waals surface area contributed by atoms with E-state index in [1.165, 1.54) is 11.1 Å². The summed E-state index contributed by atoms with van der Waals surface area (Å²) >= 11 is 0. The minimum atomic E-state index is -0.300. The molecule has 0 aromatic carbocycles. The molecule has 0 fully saturated rings. The van der Waals surface area contributed by atoms with E-state index in [1.54, 1.807) is 4.90 Å². The molecule has 0 aromatic heterocycles. The highest BCUT2D eigenvalue weighted by Gasteiger charge is 2.28. The maximum Gasteiger partial charge on any atom is 0.166 e. The number of hydrogen-bond donors (Lipinski definition) is 3. The second-order valence-corrected chi connectivity index (χ2v) is 3.62. The standard InChI is InChI=1S/C9H13BN4/c1-5-2-8(11)14(9(10)12)7-4-13-3-6(5)7/h2,8,12-13H,3-4,11H2,1H3. The molecule has 72 valence electrons. The van der Waals surface area contributed by atoms with Gasteiger partial charge in [-0.1, -0.05) is 0 Å². The van der Waals surface area contributed by atoms with Crippen LogP contribution >= 0.6 is 0 Å². The van der Waals surface area contributed by atoms with Crippen molar-refractivity contribution < 1.29 is 0 Å². The molecule has 14 heavy (non-hydrogen) atoms. The molecule has 0 saturated heterocycles. The zero-order valence-corrected chi connectivity index (χ0v) is 8.17. The van der Waals surface area contributed by atoms with Gasteiger partial charge in [-0.05, 0) is 24.1 Å². The van der Waals surface area contributed by atoms with E-state index in [9.17, 15) is 0 Å². The lowest BCUT2D eigenvalue weighted by Gasteiger charge is -2.34. The van der Waals surface area contributed by atoms with Crippen LogP contribution in [0.3, 0.4) is 0 Å². The third-order valence-corrected chi connectivity index (χ3v) is 2.69. The van der Waals surface area contributed by atoms with Gasteiger partial charge in [-0.2, -0.15) is 0 Å². The van der Waals surface area contributed by atoms with Gasteiger partial charge in [-0.15, -0.1) is 0 Å². The molecule has 4 nitrogen and oxygen atoms in total. The molecule has 1 atom stereocenters. The Kier molecular flexibility index (Phi) is 2.21. The highest BCUT2D eigenvalue weighted by Crippen LogP contribution is 2.27. The summed E-state index contributed by atoms with van der Waals surface area (Å²) in [6.07, 6.45) is 1.64. The summed E-state index contributed by atoms with van der Waals surface area (Å²) in [4.78, 5) is 1.67. The first-order valence-corrected chi connectivity index (χ1v) is 4.61. The molecule has 4 N–H and O–H groups in total. The molecule has 2 rings (SSSR count). The Morgan fingerprint density at radius 1 is 1.71 bits per heavy atom. The van der Waals surface area contributed by atoms with Gasteiger partial charge in [-0.25, -0.2) is 0 Å². The fourth-order valence-electron chi connectivity index (χ4n) is 2.03. The van der Waals surface area contributed by atoms with Crippen LogP contribution in [-0.2, 0) is 0 Å². The highest BCUT2D eigenvalue weighted by molar-refractivity contribution is 6.58. The van der Waals surface area contributed by atoms with Gasteiger partial charge in [0.1, 0.15) is 6.17 Å². The van der Waals surface area contributed by atoms with Crippen molar-refractivity contribution >= 4 is 13.6 Å². The topological polar surface area (TPSA) is 65.1 Å². The summed E-state index contributed by atoms with van der Waals surface area (Å²) in [5, 5.41) is 10.7. The zero-order chi connectivity index (χ0) is 10.3. The third-order valence-electron chi connectivity index (χ3n) is 2.69. The molecular formula is C9H13BN4. The van der Waals surface area contributed by atoms with Gasteiger partial charge in [0, 0.05) is 24.5 Å². The van der Waals surface area contributed by atoms with Crippen molar-refractivity contribution in [1.29, 1.82) is 5.41 Å². The van der Waals surface area contributed by atoms with Crippen LogP contribution in [0.15, 0.2) is 22.9 Å². The molecule has 2 heterocycles. The number of nitrogens with two attached hydrogens (primary N) is 1. The molecule has 2 aliphatic heterocycles. The summed E-state index contributed by atoms with van der Waals surface area (Å²) in [6.45, 7) is 3.63. The fourth-order valence-corrected chi connectivity index (χ4v) is 2.03. The molecule has 2 radical (unpaired) electrons. The lowest BCUT2D eigenvalue weighted by molar-refractivity contribution is 0.433. The predicted octanol–water partition coefficient (Wildman–Crippen LogP) is -0.506. The molecule has 0 spiro atoms. The van der Waals surface area contributed by atoms with Crippen molar-refractivity contribution in [3.05, 3.63) is 22.9 Å². The Balaban J connectivity index is 2.41. The number of amidine groups is 1. The van der Waals surface area contributed by atoms with Crippen molar-refractivity contribution in [3.8, 4) is 0 Å². The van der Waals surface area contributed by atoms with Gasteiger partial charge in [0.15, 0.2) is 7.85 Å². The van der Waals surface area contributed by atoms with Gasteiger partial charge >= 0.3 is 0 Å². The Bertz CT molecular complexity index is 345. The van der Waals surface area contributed by atoms with Gasteiger partial charge in [0.2, 0.25) is 0 Å². The lowest BCUT2D eigenvalue weighted by Crippen LogP contribution is -2.46. The van der Waals surface area contributed by atoms with E-state index >= 15 is 0 Å². The van der Waals surface area contributed by atoms with Crippen molar-refractivity contribution in [1.82, 2.24) is 10.2 Å². The highest BCUT2D eigenvalue weighted by atomic mass is 15.3. The fraction of sp³-hybridized carbons (Fsp3) is 0.444. The molecule has 0 amide bonds. The number of nitrogens with one attached hydrogen (secondary N) is 2. The first-order chi connectivity index (χ1) is 6.61. The minimum Gasteiger partial charge on any atom is -0.322 e. The van der Waals surface area contributed by atoms with E-state index in [0.717, 1.165) is 18.8 Å². The molecule has 0 aromatic rings. The predicted molar refractivity (Wildman–Crippen MR) is 56.9 cm³/mol. The molecule has 5 heteroatoms. The number of rotatable bonds is 0. The van der Waals surface area contributed by atoms with Gasteiger partial charge in [-0.3, -0.25) is 5.41 Å². The average molecular weight is 188 g/mol. The second kappa shape index (κ2) is 3.26. The van der Waals surface area contributed by atoms with Crippen LogP contribution in [0.2, 0.25) is 0 Å². The molecule has 2 aliphatic rings. The van der Waals surface area contributed by atoms with Crippen LogP contribution in [0, 0.1) is 5.41 Å². The maximum atomic E-state index is 7.47. The van der Waals surface area contributed by atoms with Crippen LogP contribution in [0.25, 0.3) is 0 Å². The quantitative estimate of drug-likeness (QED) is 0.272. The Morgan fingerprint density at radius 3 is 3.07 bits per heavy atom. The SMILES string of the molecule is [B]C(=N)N1C2=C(CNC2)C(C)=CC1N. The minimum absolute atomic E-state index is 0.0115. The van der Waals surface area contributed by atoms with E-state index in [4.69, 9.17) is 19.0 Å². The van der Waals surface area contributed by atoms with Crippen LogP contribution in [0.1, 0.15) is 6.92 Å². The largest absolute Gasteiger partial charge is 0.322 e. The summed E-state index contributed by atoms with van der Waals surface area (Å²) in [5.74, 6) is 0. The first-order valence-electron chi connectivity index (χ1n) is 4.61. The average Bonchev–Trinajstić information content (AvgIpc) is 2.51. The molecule has 1 unspecified atom stereocenters. The lowest BCUT2D eigenvalue weighted by atomic mass is 9.97. The maximum absolute atomic E-state index is 7.47. The van der Waals surface area contributed by atoms with Crippen molar-refractivity contribution in [2.75, 3.05) is 13.1 Å². The Hall–Kier alpha value is -1.07. The smallest absolute Gasteiger partial charge is 0.166 e. The van der Waals surface area contributed by atoms with E-state index in [0.29, 0.717) is 0 Å². The van der Waals surface area contributed by atoms with Crippen molar-refractivity contribution in [2.24, 2.45) is 5.73 Å². The zero-order valence-electron chi connectivity index (χ0n) is 8.17. The van der Waals surface area contributed by atoms with Gasteiger partial charge in [0.05, 0.1) is 0 Å². The first kappa shape index (κ1) is 9.49. The number of hydrogen-bond acceptors (Lipinski definition) is 3. The van der Waals surface area contributed by atoms with Crippen LogP contribution < -0.4 is 11.1 Å². The van der Waals surface area contributed by atoms with Crippen LogP contribution in [-0.4, -0.2) is 37.7 Å². The molecular weight excluding hydrogens is 175 g/mol. The molecule has 0 aliphatic carbocycles. The Morgan fingerprint density at radius 2 is 2.43 bits per heavy atom. The molecule has 0 bridgehead atoms. The summed E-state index contributed by atoms with van der Waals surface area (Å²) in [7, 11) is 5.50. The monoisotopic (exact) mass is 188 g/mol. The van der Waals surface area contributed by atoms with Gasteiger partial charge < -0.3 is 16.0 Å². The molecule has 0 saturated carbocycles. The summed E-state index contributed by atoms with van der Waals surface area (Å²) in [6, 6.07) is 0. The van der Waals surface area contributed by atoms with Crippen molar-refractivity contribution in [3.63, 3.8) is 0 Å². The Labute approximate surface area is 84.8 Å². The van der Waals surface area contributed by atoms with E-state index in [1.807, 2.05) is 13.0 Å². The van der Waals surface area contributed by atoms with Crippen LogP contribution in [0.5, 0.6) is 0 Å². The van der Waals surface area contributed by atoms with E-state index in [2.05, 4.69) is 5.32 Å². The number of nitrogens with zero attached hydrogens (tertiary/aromatic N) is 1. The van der Waals surface area contributed by atoms with E-state index < -0.39 is 0 Å².